The fourth-order valence-electron chi connectivity index (χ4n) is 2.28. The molecule has 0 aliphatic carbocycles. The third kappa shape index (κ3) is 2.39. The van der Waals surface area contributed by atoms with Gasteiger partial charge in [0.05, 0.1) is 18.4 Å². The van der Waals surface area contributed by atoms with Gasteiger partial charge in [-0.2, -0.15) is 32.9 Å². The minimum Gasteiger partial charge on any atom is -0.364 e. The molecule has 0 unspecified atom stereocenters. The van der Waals surface area contributed by atoms with Gasteiger partial charge in [-0.25, -0.2) is 14.5 Å². The van der Waals surface area contributed by atoms with Gasteiger partial charge in [0, 0.05) is 18.3 Å². The summed E-state index contributed by atoms with van der Waals surface area (Å²) in [6, 6.07) is 4.34. The fourth-order valence-corrected chi connectivity index (χ4v) is 2.28. The molecule has 122 valence electrons. The van der Waals surface area contributed by atoms with Gasteiger partial charge in [0.1, 0.15) is 12.1 Å². The number of halogens is 3. The van der Waals surface area contributed by atoms with E-state index in [1.54, 1.807) is 29.0 Å². The van der Waals surface area contributed by atoms with Crippen LogP contribution < -0.4 is 5.32 Å². The maximum Gasteiger partial charge on any atom is 0.433 e. The zero-order valence-corrected chi connectivity index (χ0v) is 11.9. The van der Waals surface area contributed by atoms with Crippen LogP contribution in [0.1, 0.15) is 11.4 Å². The average molecular weight is 334 g/mol. The van der Waals surface area contributed by atoms with Crippen molar-refractivity contribution in [1.82, 2.24) is 34.2 Å². The van der Waals surface area contributed by atoms with Gasteiger partial charge in [-0.1, -0.05) is 0 Å². The molecule has 0 aliphatic heterocycles. The summed E-state index contributed by atoms with van der Waals surface area (Å²) in [5, 5.41) is 10.9. The van der Waals surface area contributed by atoms with Crippen molar-refractivity contribution in [3.8, 4) is 0 Å². The minimum absolute atomic E-state index is 0.127. The molecule has 0 amide bonds. The summed E-state index contributed by atoms with van der Waals surface area (Å²) in [6.07, 6.45) is -0.232. The first-order valence-electron chi connectivity index (χ1n) is 6.82. The fraction of sp³-hybridized carbons (Fsp3) is 0.154. The molecule has 4 rings (SSSR count). The summed E-state index contributed by atoms with van der Waals surface area (Å²) in [5.74, 6) is -0.00627. The van der Waals surface area contributed by atoms with Crippen molar-refractivity contribution in [2.24, 2.45) is 0 Å². The predicted octanol–water partition coefficient (Wildman–Crippen LogP) is 1.80. The van der Waals surface area contributed by atoms with E-state index in [1.165, 1.54) is 4.52 Å². The lowest BCUT2D eigenvalue weighted by Gasteiger charge is -2.12. The predicted molar refractivity (Wildman–Crippen MR) is 76.1 cm³/mol. The zero-order valence-electron chi connectivity index (χ0n) is 11.9. The molecule has 0 fully saturated rings. The van der Waals surface area contributed by atoms with Crippen LogP contribution in [0, 0.1) is 0 Å². The second kappa shape index (κ2) is 5.15. The molecule has 0 atom stereocenters. The molecule has 0 spiro atoms. The lowest BCUT2D eigenvalue weighted by atomic mass is 10.3. The van der Waals surface area contributed by atoms with E-state index in [9.17, 15) is 13.2 Å². The monoisotopic (exact) mass is 334 g/mol. The Balaban J connectivity index is 1.71. The van der Waals surface area contributed by atoms with Gasteiger partial charge in [0.25, 0.3) is 5.78 Å². The molecule has 0 radical (unpaired) electrons. The summed E-state index contributed by atoms with van der Waals surface area (Å²) in [6.45, 7) is 0.219. The number of hydrogen-bond acceptors (Lipinski definition) is 6. The van der Waals surface area contributed by atoms with Crippen LogP contribution in [0.3, 0.4) is 0 Å². The second-order valence-electron chi connectivity index (χ2n) is 4.89. The summed E-state index contributed by atoms with van der Waals surface area (Å²) in [5.41, 5.74) is 0.332. The van der Waals surface area contributed by atoms with Gasteiger partial charge >= 0.3 is 6.18 Å². The summed E-state index contributed by atoms with van der Waals surface area (Å²) >= 11 is 0. The number of nitrogens with one attached hydrogen (secondary N) is 1. The third-order valence-corrected chi connectivity index (χ3v) is 3.36. The minimum atomic E-state index is -4.57. The number of aromatic nitrogens is 7. The number of nitrogens with zero attached hydrogens (tertiary/aromatic N) is 7. The Bertz CT molecular complexity index is 1020. The molecule has 24 heavy (non-hydrogen) atoms. The maximum atomic E-state index is 13.0. The van der Waals surface area contributed by atoms with E-state index in [0.29, 0.717) is 5.65 Å². The third-order valence-electron chi connectivity index (χ3n) is 3.36. The Kier molecular flexibility index (Phi) is 3.08. The van der Waals surface area contributed by atoms with Gasteiger partial charge in [-0.15, -0.1) is 0 Å². The Hall–Kier alpha value is -3.24. The summed E-state index contributed by atoms with van der Waals surface area (Å²) in [4.78, 5) is 11.3. The molecule has 0 saturated heterocycles. The van der Waals surface area contributed by atoms with Crippen molar-refractivity contribution >= 4 is 17.2 Å². The second-order valence-corrected chi connectivity index (χ2v) is 4.89. The van der Waals surface area contributed by atoms with Gasteiger partial charge in [-0.05, 0) is 6.07 Å². The van der Waals surface area contributed by atoms with Gasteiger partial charge in [0.2, 0.25) is 0 Å². The summed E-state index contributed by atoms with van der Waals surface area (Å²) < 4.78 is 41.7. The van der Waals surface area contributed by atoms with Crippen LogP contribution in [0.4, 0.5) is 19.0 Å². The number of hydrogen-bond donors (Lipinski definition) is 1. The molecule has 4 heterocycles. The largest absolute Gasteiger partial charge is 0.433 e. The molecule has 0 aromatic carbocycles. The van der Waals surface area contributed by atoms with E-state index in [2.05, 4.69) is 30.5 Å². The molecule has 0 bridgehead atoms. The van der Waals surface area contributed by atoms with Crippen molar-refractivity contribution < 1.29 is 13.2 Å². The molecule has 8 nitrogen and oxygen atoms in total. The van der Waals surface area contributed by atoms with Crippen LogP contribution in [0.25, 0.3) is 11.4 Å². The molecule has 11 heteroatoms. The quantitative estimate of drug-likeness (QED) is 0.615. The highest BCUT2D eigenvalue weighted by Gasteiger charge is 2.34. The van der Waals surface area contributed by atoms with E-state index in [-0.39, 0.29) is 18.1 Å². The first-order valence-corrected chi connectivity index (χ1v) is 6.82. The zero-order chi connectivity index (χ0) is 16.7. The molecular weight excluding hydrogens is 325 g/mol. The van der Waals surface area contributed by atoms with E-state index < -0.39 is 11.9 Å². The topological polar surface area (TPSA) is 85.3 Å². The van der Waals surface area contributed by atoms with Crippen LogP contribution in [0.15, 0.2) is 36.9 Å². The van der Waals surface area contributed by atoms with Gasteiger partial charge in [-0.3, -0.25) is 0 Å². The first-order chi connectivity index (χ1) is 11.5. The smallest absolute Gasteiger partial charge is 0.364 e. The van der Waals surface area contributed by atoms with Gasteiger partial charge < -0.3 is 5.32 Å². The average Bonchev–Trinajstić information content (AvgIpc) is 3.20. The van der Waals surface area contributed by atoms with Crippen molar-refractivity contribution in [3.63, 3.8) is 0 Å². The highest BCUT2D eigenvalue weighted by molar-refractivity contribution is 5.46. The van der Waals surface area contributed by atoms with E-state index in [0.717, 1.165) is 18.1 Å². The molecular formula is C13H9F3N8. The molecule has 1 N–H and O–H groups in total. The van der Waals surface area contributed by atoms with Crippen LogP contribution in [0.5, 0.6) is 0 Å². The Labute approximate surface area is 132 Å². The number of alkyl halides is 3. The number of anilines is 1. The van der Waals surface area contributed by atoms with Crippen molar-refractivity contribution in [3.05, 3.63) is 48.3 Å². The number of rotatable bonds is 3. The Morgan fingerprint density at radius 2 is 1.92 bits per heavy atom. The first kappa shape index (κ1) is 14.4. The van der Waals surface area contributed by atoms with Crippen LogP contribution in [-0.4, -0.2) is 34.2 Å². The van der Waals surface area contributed by atoms with Crippen molar-refractivity contribution in [2.45, 2.75) is 12.7 Å². The number of fused-ring (bicyclic) bond motifs is 2. The SMILES string of the molecule is FC(F)(F)c1cc(NCc2ccnc3ccnn23)n2ncnc2n1. The highest BCUT2D eigenvalue weighted by Crippen LogP contribution is 2.29. The summed E-state index contributed by atoms with van der Waals surface area (Å²) in [7, 11) is 0. The normalized spacial score (nSPS) is 12.1. The van der Waals surface area contributed by atoms with Crippen molar-refractivity contribution in [2.75, 3.05) is 5.32 Å². The molecule has 4 aromatic rings. The standard InChI is InChI=1S/C13H9F3N8/c14-13(15,16)9-5-11(24-12(22-9)19-7-21-24)18-6-8-1-3-17-10-2-4-20-23(8)10/h1-5,7,18H,6H2. The van der Waals surface area contributed by atoms with Crippen LogP contribution >= 0.6 is 0 Å². The molecule has 0 aliphatic rings. The van der Waals surface area contributed by atoms with E-state index >= 15 is 0 Å². The highest BCUT2D eigenvalue weighted by atomic mass is 19.4. The Morgan fingerprint density at radius 3 is 2.75 bits per heavy atom. The van der Waals surface area contributed by atoms with Gasteiger partial charge in [0.15, 0.2) is 11.3 Å². The lowest BCUT2D eigenvalue weighted by Crippen LogP contribution is -2.14. The maximum absolute atomic E-state index is 13.0. The molecule has 4 aromatic heterocycles. The van der Waals surface area contributed by atoms with Crippen LogP contribution in [-0.2, 0) is 12.7 Å². The van der Waals surface area contributed by atoms with Crippen molar-refractivity contribution in [1.29, 1.82) is 0 Å². The van der Waals surface area contributed by atoms with Crippen LogP contribution in [0.2, 0.25) is 0 Å². The van der Waals surface area contributed by atoms with E-state index in [1.807, 2.05) is 0 Å². The Morgan fingerprint density at radius 1 is 1.04 bits per heavy atom. The lowest BCUT2D eigenvalue weighted by molar-refractivity contribution is -0.141. The molecule has 0 saturated carbocycles. The van der Waals surface area contributed by atoms with E-state index in [4.69, 9.17) is 0 Å².